The molecule has 4 nitrogen and oxygen atoms in total. The van der Waals surface area contributed by atoms with Crippen LogP contribution in [-0.4, -0.2) is 29.7 Å². The smallest absolute Gasteiger partial charge is 0.227 e. The number of hydrogen-bond donors (Lipinski definition) is 3. The maximum Gasteiger partial charge on any atom is 0.227 e. The van der Waals surface area contributed by atoms with Gasteiger partial charge in [0.2, 0.25) is 5.91 Å². The van der Waals surface area contributed by atoms with Gasteiger partial charge < -0.3 is 16.2 Å². The van der Waals surface area contributed by atoms with Gasteiger partial charge in [0.15, 0.2) is 0 Å². The van der Waals surface area contributed by atoms with Crippen LogP contribution in [0.25, 0.3) is 0 Å². The van der Waals surface area contributed by atoms with Crippen molar-refractivity contribution in [1.29, 1.82) is 0 Å². The first-order valence-electron chi connectivity index (χ1n) is 5.81. The van der Waals surface area contributed by atoms with Crippen LogP contribution in [0.5, 0.6) is 0 Å². The summed E-state index contributed by atoms with van der Waals surface area (Å²) in [5, 5.41) is 12.9. The molecule has 0 unspecified atom stereocenters. The first-order valence-corrected chi connectivity index (χ1v) is 5.81. The van der Waals surface area contributed by atoms with E-state index in [9.17, 15) is 9.90 Å². The molecule has 15 heavy (non-hydrogen) atoms. The van der Waals surface area contributed by atoms with E-state index in [0.717, 1.165) is 38.5 Å². The molecule has 0 aromatic heterocycles. The van der Waals surface area contributed by atoms with Crippen LogP contribution in [0.15, 0.2) is 0 Å². The van der Waals surface area contributed by atoms with Gasteiger partial charge in [-0.25, -0.2) is 0 Å². The fourth-order valence-corrected chi connectivity index (χ4v) is 2.32. The van der Waals surface area contributed by atoms with Crippen LogP contribution in [-0.2, 0) is 4.79 Å². The first kappa shape index (κ1) is 10.9. The van der Waals surface area contributed by atoms with Crippen molar-refractivity contribution in [3.8, 4) is 0 Å². The number of hydrogen-bond acceptors (Lipinski definition) is 3. The topological polar surface area (TPSA) is 75.4 Å². The average Bonchev–Trinajstić information content (AvgIpc) is 2.93. The molecule has 2 aliphatic rings. The van der Waals surface area contributed by atoms with Crippen molar-refractivity contribution in [2.24, 2.45) is 11.1 Å². The molecule has 2 rings (SSSR count). The molecule has 0 saturated heterocycles. The number of amides is 1. The zero-order chi connectivity index (χ0) is 10.9. The highest BCUT2D eigenvalue weighted by molar-refractivity contribution is 5.85. The lowest BCUT2D eigenvalue weighted by Crippen LogP contribution is -2.45. The molecule has 86 valence electrons. The lowest BCUT2D eigenvalue weighted by atomic mass is 10.0. The molecular formula is C11H20N2O2. The lowest BCUT2D eigenvalue weighted by molar-refractivity contribution is -0.127. The quantitative estimate of drug-likeness (QED) is 0.621. The summed E-state index contributed by atoms with van der Waals surface area (Å²) >= 11 is 0. The van der Waals surface area contributed by atoms with E-state index in [1.54, 1.807) is 0 Å². The van der Waals surface area contributed by atoms with Crippen molar-refractivity contribution in [3.63, 3.8) is 0 Å². The van der Waals surface area contributed by atoms with Gasteiger partial charge >= 0.3 is 0 Å². The van der Waals surface area contributed by atoms with Gasteiger partial charge in [0.05, 0.1) is 11.0 Å². The van der Waals surface area contributed by atoms with Crippen molar-refractivity contribution < 1.29 is 9.90 Å². The number of aliphatic hydroxyl groups is 1. The van der Waals surface area contributed by atoms with Gasteiger partial charge in [0.1, 0.15) is 0 Å². The van der Waals surface area contributed by atoms with E-state index in [0.29, 0.717) is 13.1 Å². The third-order valence-corrected chi connectivity index (χ3v) is 3.84. The van der Waals surface area contributed by atoms with Crippen LogP contribution in [0.2, 0.25) is 0 Å². The number of carbonyl (C=O) groups is 1. The van der Waals surface area contributed by atoms with E-state index in [2.05, 4.69) is 5.32 Å². The van der Waals surface area contributed by atoms with E-state index < -0.39 is 5.60 Å². The molecule has 2 aliphatic carbocycles. The van der Waals surface area contributed by atoms with Gasteiger partial charge in [-0.2, -0.15) is 0 Å². The summed E-state index contributed by atoms with van der Waals surface area (Å²) in [6.45, 7) is 0.824. The van der Waals surface area contributed by atoms with Crippen molar-refractivity contribution >= 4 is 5.91 Å². The van der Waals surface area contributed by atoms with Crippen LogP contribution in [0.4, 0.5) is 0 Å². The number of nitrogens with one attached hydrogen (secondary N) is 1. The van der Waals surface area contributed by atoms with Crippen LogP contribution in [0, 0.1) is 5.41 Å². The summed E-state index contributed by atoms with van der Waals surface area (Å²) in [6.07, 6.45) is 5.54. The standard InChI is InChI=1S/C11H20N2O2/c12-7-10(5-6-10)9(14)13-8-11(15)3-1-2-4-11/h15H,1-8,12H2,(H,13,14). The van der Waals surface area contributed by atoms with E-state index in [4.69, 9.17) is 5.73 Å². The van der Waals surface area contributed by atoms with Crippen LogP contribution in [0.3, 0.4) is 0 Å². The Kier molecular flexibility index (Phi) is 2.73. The van der Waals surface area contributed by atoms with Gasteiger partial charge in [-0.3, -0.25) is 4.79 Å². The van der Waals surface area contributed by atoms with E-state index >= 15 is 0 Å². The van der Waals surface area contributed by atoms with Crippen LogP contribution in [0.1, 0.15) is 38.5 Å². The third-order valence-electron chi connectivity index (χ3n) is 3.84. The van der Waals surface area contributed by atoms with Crippen molar-refractivity contribution in [2.45, 2.75) is 44.1 Å². The van der Waals surface area contributed by atoms with E-state index in [1.807, 2.05) is 0 Å². The number of carbonyl (C=O) groups excluding carboxylic acids is 1. The summed E-state index contributed by atoms with van der Waals surface area (Å²) in [5.74, 6) is 0.0327. The molecule has 0 atom stereocenters. The zero-order valence-electron chi connectivity index (χ0n) is 9.09. The molecule has 0 heterocycles. The molecule has 4 N–H and O–H groups in total. The van der Waals surface area contributed by atoms with Crippen molar-refractivity contribution in [1.82, 2.24) is 5.32 Å². The minimum absolute atomic E-state index is 0.0327. The molecule has 4 heteroatoms. The second-order valence-electron chi connectivity index (χ2n) is 5.10. The van der Waals surface area contributed by atoms with Gasteiger partial charge in [-0.1, -0.05) is 12.8 Å². The molecule has 0 bridgehead atoms. The third kappa shape index (κ3) is 2.16. The number of rotatable bonds is 4. The molecule has 0 spiro atoms. The monoisotopic (exact) mass is 212 g/mol. The molecule has 1 amide bonds. The predicted octanol–water partition coefficient (Wildman–Crippen LogP) is 0.147. The van der Waals surface area contributed by atoms with Gasteiger partial charge in [0, 0.05) is 13.1 Å². The Morgan fingerprint density at radius 1 is 1.27 bits per heavy atom. The summed E-state index contributed by atoms with van der Waals surface area (Å²) in [7, 11) is 0. The van der Waals surface area contributed by atoms with E-state index in [1.165, 1.54) is 0 Å². The first-order chi connectivity index (χ1) is 7.10. The minimum atomic E-state index is -0.652. The van der Waals surface area contributed by atoms with Gasteiger partial charge in [-0.05, 0) is 25.7 Å². The highest BCUT2D eigenvalue weighted by Crippen LogP contribution is 2.44. The Morgan fingerprint density at radius 2 is 1.87 bits per heavy atom. The summed E-state index contributed by atoms with van der Waals surface area (Å²) in [4.78, 5) is 11.8. The summed E-state index contributed by atoms with van der Waals surface area (Å²) < 4.78 is 0. The fraction of sp³-hybridized carbons (Fsp3) is 0.909. The predicted molar refractivity (Wildman–Crippen MR) is 57.1 cm³/mol. The molecular weight excluding hydrogens is 192 g/mol. The maximum absolute atomic E-state index is 11.8. The molecule has 0 aliphatic heterocycles. The SMILES string of the molecule is NCC1(C(=O)NCC2(O)CCCC2)CC1. The minimum Gasteiger partial charge on any atom is -0.388 e. The Bertz CT molecular complexity index is 255. The molecule has 2 fully saturated rings. The Hall–Kier alpha value is -0.610. The number of nitrogens with two attached hydrogens (primary N) is 1. The van der Waals surface area contributed by atoms with Crippen molar-refractivity contribution in [2.75, 3.05) is 13.1 Å². The average molecular weight is 212 g/mol. The van der Waals surface area contributed by atoms with Gasteiger partial charge in [0.25, 0.3) is 0 Å². The zero-order valence-corrected chi connectivity index (χ0v) is 9.09. The summed E-state index contributed by atoms with van der Waals surface area (Å²) in [6, 6.07) is 0. The Balaban J connectivity index is 1.80. The van der Waals surface area contributed by atoms with Crippen molar-refractivity contribution in [3.05, 3.63) is 0 Å². The normalized spacial score (nSPS) is 26.3. The van der Waals surface area contributed by atoms with Gasteiger partial charge in [-0.15, -0.1) is 0 Å². The second-order valence-corrected chi connectivity index (χ2v) is 5.10. The molecule has 2 saturated carbocycles. The van der Waals surface area contributed by atoms with E-state index in [-0.39, 0.29) is 11.3 Å². The fourth-order valence-electron chi connectivity index (χ4n) is 2.32. The lowest BCUT2D eigenvalue weighted by Gasteiger charge is -2.23. The van der Waals surface area contributed by atoms with Crippen LogP contribution < -0.4 is 11.1 Å². The van der Waals surface area contributed by atoms with Crippen LogP contribution >= 0.6 is 0 Å². The Morgan fingerprint density at radius 3 is 2.33 bits per heavy atom. The molecule has 0 aromatic carbocycles. The highest BCUT2D eigenvalue weighted by Gasteiger charge is 2.48. The summed E-state index contributed by atoms with van der Waals surface area (Å²) in [5.41, 5.74) is 4.61. The Labute approximate surface area is 90.2 Å². The molecule has 0 radical (unpaired) electrons. The highest BCUT2D eigenvalue weighted by atomic mass is 16.3. The maximum atomic E-state index is 11.8. The second kappa shape index (κ2) is 3.76. The largest absolute Gasteiger partial charge is 0.388 e. The molecule has 0 aromatic rings.